The van der Waals surface area contributed by atoms with Crippen LogP contribution in [0.2, 0.25) is 0 Å². The van der Waals surface area contributed by atoms with Gasteiger partial charge in [0.05, 0.1) is 6.04 Å². The second kappa shape index (κ2) is 6.67. The third kappa shape index (κ3) is 3.97. The van der Waals surface area contributed by atoms with E-state index in [-0.39, 0.29) is 18.0 Å². The summed E-state index contributed by atoms with van der Waals surface area (Å²) >= 11 is 0. The first-order chi connectivity index (χ1) is 11.0. The summed E-state index contributed by atoms with van der Waals surface area (Å²) in [6, 6.07) is 0.0778. The predicted molar refractivity (Wildman–Crippen MR) is 89.2 cm³/mol. The summed E-state index contributed by atoms with van der Waals surface area (Å²) < 4.78 is 0. The number of hydrogen-bond acceptors (Lipinski definition) is 3. The maximum absolute atomic E-state index is 12.5. The van der Waals surface area contributed by atoms with Crippen LogP contribution in [0.3, 0.4) is 0 Å². The standard InChI is InChI=1S/C17H30N4O2/c1-17(5-6-17)7-8-18-16(23)21-12-10-20(11-13-21)15(22)14-4-3-9-19(14)2/h14H,3-13H2,1-2H3,(H,18,23)/t14-/m1/s1. The highest BCUT2D eigenvalue weighted by Crippen LogP contribution is 2.47. The Labute approximate surface area is 139 Å². The van der Waals surface area contributed by atoms with Gasteiger partial charge in [-0.15, -0.1) is 0 Å². The molecule has 6 nitrogen and oxygen atoms in total. The zero-order chi connectivity index (χ0) is 16.4. The zero-order valence-corrected chi connectivity index (χ0v) is 14.5. The van der Waals surface area contributed by atoms with Crippen molar-refractivity contribution in [3.8, 4) is 0 Å². The number of urea groups is 1. The summed E-state index contributed by atoms with van der Waals surface area (Å²) in [5.74, 6) is 0.242. The fourth-order valence-electron chi connectivity index (χ4n) is 3.61. The molecule has 0 aromatic heterocycles. The van der Waals surface area contributed by atoms with Gasteiger partial charge in [0.15, 0.2) is 0 Å². The van der Waals surface area contributed by atoms with Crippen molar-refractivity contribution in [2.45, 2.75) is 45.1 Å². The van der Waals surface area contributed by atoms with Crippen LogP contribution < -0.4 is 5.32 Å². The molecule has 3 rings (SSSR count). The maximum Gasteiger partial charge on any atom is 0.317 e. The summed E-state index contributed by atoms with van der Waals surface area (Å²) in [5, 5.41) is 3.03. The Morgan fingerprint density at radius 3 is 2.30 bits per heavy atom. The lowest BCUT2D eigenvalue weighted by atomic mass is 10.1. The minimum Gasteiger partial charge on any atom is -0.338 e. The second-order valence-electron chi connectivity index (χ2n) is 7.74. The van der Waals surface area contributed by atoms with Crippen molar-refractivity contribution in [2.75, 3.05) is 46.3 Å². The fraction of sp³-hybridized carbons (Fsp3) is 0.882. The van der Waals surface area contributed by atoms with Gasteiger partial charge in [-0.05, 0) is 51.1 Å². The van der Waals surface area contributed by atoms with Crippen LogP contribution in [-0.2, 0) is 4.79 Å². The molecule has 6 heteroatoms. The van der Waals surface area contributed by atoms with Crippen LogP contribution in [-0.4, -0.2) is 79.0 Å². The van der Waals surface area contributed by atoms with Crippen molar-refractivity contribution in [1.29, 1.82) is 0 Å². The fourth-order valence-corrected chi connectivity index (χ4v) is 3.61. The van der Waals surface area contributed by atoms with Crippen LogP contribution in [0.4, 0.5) is 4.79 Å². The van der Waals surface area contributed by atoms with E-state index in [2.05, 4.69) is 17.1 Å². The number of nitrogens with one attached hydrogen (secondary N) is 1. The quantitative estimate of drug-likeness (QED) is 0.844. The van der Waals surface area contributed by atoms with Crippen molar-refractivity contribution in [1.82, 2.24) is 20.0 Å². The molecule has 23 heavy (non-hydrogen) atoms. The Balaban J connectivity index is 1.39. The molecule has 3 fully saturated rings. The highest BCUT2D eigenvalue weighted by molar-refractivity contribution is 5.82. The maximum atomic E-state index is 12.5. The molecule has 2 saturated heterocycles. The molecule has 0 aromatic carbocycles. The molecule has 0 radical (unpaired) electrons. The van der Waals surface area contributed by atoms with E-state index in [1.54, 1.807) is 0 Å². The highest BCUT2D eigenvalue weighted by atomic mass is 16.2. The van der Waals surface area contributed by atoms with E-state index in [1.165, 1.54) is 12.8 Å². The lowest BCUT2D eigenvalue weighted by Crippen LogP contribution is -2.56. The van der Waals surface area contributed by atoms with Gasteiger partial charge in [0.25, 0.3) is 0 Å². The Morgan fingerprint density at radius 2 is 1.74 bits per heavy atom. The van der Waals surface area contributed by atoms with Gasteiger partial charge in [-0.25, -0.2) is 4.79 Å². The molecule has 1 aliphatic carbocycles. The van der Waals surface area contributed by atoms with Crippen molar-refractivity contribution in [3.63, 3.8) is 0 Å². The topological polar surface area (TPSA) is 55.9 Å². The molecule has 130 valence electrons. The largest absolute Gasteiger partial charge is 0.338 e. The number of nitrogens with zero attached hydrogens (tertiary/aromatic N) is 3. The summed E-state index contributed by atoms with van der Waals surface area (Å²) in [5.41, 5.74) is 0.478. The van der Waals surface area contributed by atoms with Crippen LogP contribution in [0, 0.1) is 5.41 Å². The number of piperazine rings is 1. The van der Waals surface area contributed by atoms with Gasteiger partial charge in [0, 0.05) is 32.7 Å². The van der Waals surface area contributed by atoms with Crippen LogP contribution in [0.15, 0.2) is 0 Å². The van der Waals surface area contributed by atoms with Gasteiger partial charge in [0.2, 0.25) is 5.91 Å². The van der Waals surface area contributed by atoms with Gasteiger partial charge >= 0.3 is 6.03 Å². The molecule has 0 spiro atoms. The van der Waals surface area contributed by atoms with Crippen LogP contribution >= 0.6 is 0 Å². The number of likely N-dealkylation sites (tertiary alicyclic amines) is 1. The van der Waals surface area contributed by atoms with Crippen LogP contribution in [0.5, 0.6) is 0 Å². The summed E-state index contributed by atoms with van der Waals surface area (Å²) in [6.07, 6.45) is 5.73. The molecular formula is C17H30N4O2. The lowest BCUT2D eigenvalue weighted by Gasteiger charge is -2.36. The lowest BCUT2D eigenvalue weighted by molar-refractivity contribution is -0.137. The second-order valence-corrected chi connectivity index (χ2v) is 7.74. The number of carbonyl (C=O) groups is 2. The van der Waals surface area contributed by atoms with Gasteiger partial charge in [-0.1, -0.05) is 6.92 Å². The van der Waals surface area contributed by atoms with Crippen molar-refractivity contribution >= 4 is 11.9 Å². The summed E-state index contributed by atoms with van der Waals surface area (Å²) in [4.78, 5) is 30.7. The number of hydrogen-bond donors (Lipinski definition) is 1. The van der Waals surface area contributed by atoms with E-state index in [4.69, 9.17) is 0 Å². The molecule has 1 atom stereocenters. The van der Waals surface area contributed by atoms with Gasteiger partial charge in [-0.2, -0.15) is 0 Å². The Hall–Kier alpha value is -1.30. The van der Waals surface area contributed by atoms with E-state index in [0.717, 1.165) is 32.4 Å². The van der Waals surface area contributed by atoms with Gasteiger partial charge in [0.1, 0.15) is 0 Å². The van der Waals surface area contributed by atoms with E-state index < -0.39 is 0 Å². The van der Waals surface area contributed by atoms with E-state index in [1.807, 2.05) is 16.8 Å². The van der Waals surface area contributed by atoms with E-state index in [0.29, 0.717) is 31.6 Å². The third-order valence-corrected chi connectivity index (χ3v) is 5.79. The number of likely N-dealkylation sites (N-methyl/N-ethyl adjacent to an activating group) is 1. The molecule has 0 bridgehead atoms. The number of rotatable bonds is 4. The predicted octanol–water partition coefficient (Wildman–Crippen LogP) is 1.12. The average Bonchev–Trinajstić information content (AvgIpc) is 3.12. The molecule has 1 saturated carbocycles. The van der Waals surface area contributed by atoms with Gasteiger partial charge in [-0.3, -0.25) is 9.69 Å². The minimum atomic E-state index is 0.0272. The normalized spacial score (nSPS) is 27.1. The third-order valence-electron chi connectivity index (χ3n) is 5.79. The van der Waals surface area contributed by atoms with Crippen LogP contribution in [0.1, 0.15) is 39.0 Å². The molecule has 0 aromatic rings. The minimum absolute atomic E-state index is 0.0272. The monoisotopic (exact) mass is 322 g/mol. The number of amides is 3. The first kappa shape index (κ1) is 16.6. The molecule has 0 unspecified atom stereocenters. The molecule has 2 aliphatic heterocycles. The smallest absolute Gasteiger partial charge is 0.317 e. The first-order valence-corrected chi connectivity index (χ1v) is 9.00. The SMILES string of the molecule is CN1CCC[C@@H]1C(=O)N1CCN(C(=O)NCCC2(C)CC2)CC1. The van der Waals surface area contributed by atoms with Crippen LogP contribution in [0.25, 0.3) is 0 Å². The molecule has 3 amide bonds. The zero-order valence-electron chi connectivity index (χ0n) is 14.5. The van der Waals surface area contributed by atoms with Crippen molar-refractivity contribution in [3.05, 3.63) is 0 Å². The Kier molecular flexibility index (Phi) is 4.80. The highest BCUT2D eigenvalue weighted by Gasteiger charge is 2.37. The summed E-state index contributed by atoms with van der Waals surface area (Å²) in [6.45, 7) is 6.67. The summed E-state index contributed by atoms with van der Waals surface area (Å²) in [7, 11) is 2.03. The van der Waals surface area contributed by atoms with Crippen molar-refractivity contribution < 1.29 is 9.59 Å². The van der Waals surface area contributed by atoms with Gasteiger partial charge < -0.3 is 15.1 Å². The Morgan fingerprint density at radius 1 is 1.09 bits per heavy atom. The average molecular weight is 322 g/mol. The number of carbonyl (C=O) groups excluding carboxylic acids is 2. The first-order valence-electron chi connectivity index (χ1n) is 9.00. The molecular weight excluding hydrogens is 292 g/mol. The van der Waals surface area contributed by atoms with E-state index in [9.17, 15) is 9.59 Å². The van der Waals surface area contributed by atoms with E-state index >= 15 is 0 Å². The van der Waals surface area contributed by atoms with Crippen molar-refractivity contribution in [2.24, 2.45) is 5.41 Å². The molecule has 1 N–H and O–H groups in total. The molecule has 2 heterocycles. The Bertz CT molecular complexity index is 456. The molecule has 3 aliphatic rings.